The second-order valence-electron chi connectivity index (χ2n) is 4.54. The molecule has 1 aromatic rings. The summed E-state index contributed by atoms with van der Waals surface area (Å²) in [7, 11) is 0. The Bertz CT molecular complexity index is 546. The number of benzene rings is 1. The molecule has 126 valence electrons. The predicted molar refractivity (Wildman–Crippen MR) is 82.1 cm³/mol. The number of aromatic hydroxyl groups is 2. The highest BCUT2D eigenvalue weighted by Crippen LogP contribution is 2.24. The molecule has 0 aliphatic carbocycles. The van der Waals surface area contributed by atoms with Crippen molar-refractivity contribution in [2.45, 2.75) is 6.42 Å². The SMILES string of the molecule is [N-]=[N+]=NCCOCCOCC(=O)NCCc1ccc(O)c(O)c1. The van der Waals surface area contributed by atoms with Gasteiger partial charge in [0.25, 0.3) is 0 Å². The fraction of sp³-hybridized carbons (Fsp3) is 0.500. The molecule has 0 aliphatic heterocycles. The first kappa shape index (κ1) is 18.6. The van der Waals surface area contributed by atoms with Crippen molar-refractivity contribution in [1.29, 1.82) is 0 Å². The average Bonchev–Trinajstić information content (AvgIpc) is 2.53. The van der Waals surface area contributed by atoms with Gasteiger partial charge in [0.2, 0.25) is 5.91 Å². The summed E-state index contributed by atoms with van der Waals surface area (Å²) in [4.78, 5) is 14.1. The number of ether oxygens (including phenoxy) is 2. The average molecular weight is 324 g/mol. The van der Waals surface area contributed by atoms with Crippen LogP contribution in [0.2, 0.25) is 0 Å². The second kappa shape index (κ2) is 11.1. The van der Waals surface area contributed by atoms with Crippen LogP contribution < -0.4 is 5.32 Å². The van der Waals surface area contributed by atoms with Crippen LogP contribution in [0.1, 0.15) is 5.56 Å². The number of rotatable bonds is 11. The van der Waals surface area contributed by atoms with Gasteiger partial charge in [-0.15, -0.1) is 0 Å². The van der Waals surface area contributed by atoms with Crippen molar-refractivity contribution in [1.82, 2.24) is 5.32 Å². The lowest BCUT2D eigenvalue weighted by atomic mass is 10.1. The second-order valence-corrected chi connectivity index (χ2v) is 4.54. The highest BCUT2D eigenvalue weighted by molar-refractivity contribution is 5.77. The van der Waals surface area contributed by atoms with Gasteiger partial charge in [-0.25, -0.2) is 0 Å². The number of nitrogens with one attached hydrogen (secondary N) is 1. The molecular formula is C14H20N4O5. The minimum atomic E-state index is -0.248. The van der Waals surface area contributed by atoms with Gasteiger partial charge >= 0.3 is 0 Å². The minimum Gasteiger partial charge on any atom is -0.504 e. The third-order valence-corrected chi connectivity index (χ3v) is 2.78. The van der Waals surface area contributed by atoms with Crippen molar-refractivity contribution >= 4 is 5.91 Å². The molecule has 9 nitrogen and oxygen atoms in total. The molecule has 0 saturated heterocycles. The number of azide groups is 1. The molecule has 0 atom stereocenters. The Kier molecular flexibility index (Phi) is 8.99. The summed E-state index contributed by atoms with van der Waals surface area (Å²) in [5.41, 5.74) is 8.85. The van der Waals surface area contributed by atoms with E-state index in [4.69, 9.17) is 15.0 Å². The number of amides is 1. The quantitative estimate of drug-likeness (QED) is 0.184. The van der Waals surface area contributed by atoms with Crippen LogP contribution in [0.5, 0.6) is 11.5 Å². The van der Waals surface area contributed by atoms with Crippen molar-refractivity contribution in [2.24, 2.45) is 5.11 Å². The fourth-order valence-electron chi connectivity index (χ4n) is 1.66. The van der Waals surface area contributed by atoms with E-state index >= 15 is 0 Å². The van der Waals surface area contributed by atoms with E-state index in [0.717, 1.165) is 5.56 Å². The molecule has 3 N–H and O–H groups in total. The monoisotopic (exact) mass is 324 g/mol. The molecule has 1 rings (SSSR count). The van der Waals surface area contributed by atoms with E-state index in [0.29, 0.717) is 26.2 Å². The lowest BCUT2D eigenvalue weighted by Crippen LogP contribution is -2.30. The lowest BCUT2D eigenvalue weighted by molar-refractivity contribution is -0.126. The van der Waals surface area contributed by atoms with Crippen LogP contribution in [0.15, 0.2) is 23.3 Å². The van der Waals surface area contributed by atoms with Crippen molar-refractivity contribution in [3.8, 4) is 11.5 Å². The Labute approximate surface area is 133 Å². The summed E-state index contributed by atoms with van der Waals surface area (Å²) in [6, 6.07) is 4.52. The maximum Gasteiger partial charge on any atom is 0.246 e. The van der Waals surface area contributed by atoms with E-state index in [1.54, 1.807) is 6.07 Å². The molecular weight excluding hydrogens is 304 g/mol. The number of carbonyl (C=O) groups is 1. The summed E-state index contributed by atoms with van der Waals surface area (Å²) in [5, 5.41) is 24.5. The number of phenolic OH excluding ortho intramolecular Hbond substituents is 2. The molecule has 0 spiro atoms. The summed E-state index contributed by atoms with van der Waals surface area (Å²) in [5.74, 6) is -0.604. The molecule has 1 amide bonds. The van der Waals surface area contributed by atoms with E-state index in [2.05, 4.69) is 15.3 Å². The number of phenols is 2. The smallest absolute Gasteiger partial charge is 0.246 e. The van der Waals surface area contributed by atoms with Gasteiger partial charge in [-0.3, -0.25) is 4.79 Å². The van der Waals surface area contributed by atoms with Gasteiger partial charge in [0, 0.05) is 18.0 Å². The first-order valence-electron chi connectivity index (χ1n) is 7.07. The summed E-state index contributed by atoms with van der Waals surface area (Å²) in [6.45, 7) is 1.51. The van der Waals surface area contributed by atoms with Crippen LogP contribution in [0.3, 0.4) is 0 Å². The van der Waals surface area contributed by atoms with Crippen molar-refractivity contribution in [3.63, 3.8) is 0 Å². The van der Waals surface area contributed by atoms with Gasteiger partial charge in [0.1, 0.15) is 6.61 Å². The zero-order chi connectivity index (χ0) is 16.9. The highest BCUT2D eigenvalue weighted by Gasteiger charge is 2.03. The maximum absolute atomic E-state index is 11.5. The van der Waals surface area contributed by atoms with Crippen molar-refractivity contribution < 1.29 is 24.5 Å². The molecule has 0 aromatic heterocycles. The zero-order valence-corrected chi connectivity index (χ0v) is 12.6. The lowest BCUT2D eigenvalue weighted by Gasteiger charge is -2.07. The molecule has 0 fully saturated rings. The zero-order valence-electron chi connectivity index (χ0n) is 12.6. The molecule has 0 bridgehead atoms. The first-order valence-corrected chi connectivity index (χ1v) is 7.07. The summed E-state index contributed by atoms with van der Waals surface area (Å²) < 4.78 is 10.2. The third kappa shape index (κ3) is 8.52. The standard InChI is InChI=1S/C14H20N4O5/c15-18-17-5-6-22-7-8-23-10-14(21)16-4-3-11-1-2-12(19)13(20)9-11/h1-2,9,19-20H,3-8,10H2,(H,16,21). The van der Waals surface area contributed by atoms with Gasteiger partial charge in [0.05, 0.1) is 19.8 Å². The van der Waals surface area contributed by atoms with E-state index in [-0.39, 0.29) is 37.2 Å². The first-order chi connectivity index (χ1) is 11.1. The molecule has 0 aliphatic rings. The Balaban J connectivity index is 2.03. The normalized spacial score (nSPS) is 10.1. The number of hydrogen-bond donors (Lipinski definition) is 3. The van der Waals surface area contributed by atoms with Crippen LogP contribution >= 0.6 is 0 Å². The fourth-order valence-corrected chi connectivity index (χ4v) is 1.66. The maximum atomic E-state index is 11.5. The van der Waals surface area contributed by atoms with Gasteiger partial charge < -0.3 is 25.0 Å². The molecule has 0 saturated carbocycles. The van der Waals surface area contributed by atoms with E-state index in [9.17, 15) is 15.0 Å². The number of carbonyl (C=O) groups excluding carboxylic acids is 1. The number of hydrogen-bond acceptors (Lipinski definition) is 6. The largest absolute Gasteiger partial charge is 0.504 e. The topological polar surface area (TPSA) is 137 Å². The van der Waals surface area contributed by atoms with Crippen LogP contribution in [-0.2, 0) is 20.7 Å². The molecule has 0 radical (unpaired) electrons. The van der Waals surface area contributed by atoms with Crippen molar-refractivity contribution in [2.75, 3.05) is 39.5 Å². The Hall–Kier alpha value is -2.48. The number of nitrogens with zero attached hydrogens (tertiary/aromatic N) is 3. The molecule has 9 heteroatoms. The van der Waals surface area contributed by atoms with E-state index < -0.39 is 0 Å². The van der Waals surface area contributed by atoms with E-state index in [1.165, 1.54) is 12.1 Å². The highest BCUT2D eigenvalue weighted by atomic mass is 16.5. The van der Waals surface area contributed by atoms with Crippen molar-refractivity contribution in [3.05, 3.63) is 34.2 Å². The van der Waals surface area contributed by atoms with Crippen LogP contribution in [0.4, 0.5) is 0 Å². The minimum absolute atomic E-state index is 0.0689. The third-order valence-electron chi connectivity index (χ3n) is 2.78. The predicted octanol–water partition coefficient (Wildman–Crippen LogP) is 1.10. The van der Waals surface area contributed by atoms with Crippen LogP contribution in [0, 0.1) is 0 Å². The molecule has 23 heavy (non-hydrogen) atoms. The van der Waals surface area contributed by atoms with Crippen LogP contribution in [-0.4, -0.2) is 55.6 Å². The summed E-state index contributed by atoms with van der Waals surface area (Å²) >= 11 is 0. The van der Waals surface area contributed by atoms with Gasteiger partial charge in [0.15, 0.2) is 11.5 Å². The molecule has 0 heterocycles. The van der Waals surface area contributed by atoms with Crippen LogP contribution in [0.25, 0.3) is 10.4 Å². The Morgan fingerprint density at radius 2 is 2.00 bits per heavy atom. The Morgan fingerprint density at radius 1 is 1.22 bits per heavy atom. The van der Waals surface area contributed by atoms with Gasteiger partial charge in [-0.2, -0.15) is 0 Å². The molecule has 0 unspecified atom stereocenters. The Morgan fingerprint density at radius 3 is 2.74 bits per heavy atom. The van der Waals surface area contributed by atoms with Gasteiger partial charge in [-0.1, -0.05) is 11.2 Å². The van der Waals surface area contributed by atoms with E-state index in [1.807, 2.05) is 0 Å². The molecule has 1 aromatic carbocycles. The van der Waals surface area contributed by atoms with Gasteiger partial charge in [-0.05, 0) is 29.6 Å². The summed E-state index contributed by atoms with van der Waals surface area (Å²) in [6.07, 6.45) is 0.530.